The van der Waals surface area contributed by atoms with E-state index < -0.39 is 23.7 Å². The van der Waals surface area contributed by atoms with Crippen molar-refractivity contribution in [2.24, 2.45) is 0 Å². The van der Waals surface area contributed by atoms with E-state index in [1.807, 2.05) is 0 Å². The number of carbonyl (C=O) groups is 4. The minimum atomic E-state index is -0.587. The maximum Gasteiger partial charge on any atom is 0.311 e. The highest BCUT2D eigenvalue weighted by Gasteiger charge is 2.16. The first-order chi connectivity index (χ1) is 18.7. The molecule has 0 saturated carbocycles. The Morgan fingerprint density at radius 1 is 0.744 bits per heavy atom. The zero-order valence-electron chi connectivity index (χ0n) is 23.0. The summed E-state index contributed by atoms with van der Waals surface area (Å²) in [6.07, 6.45) is 13.0. The fourth-order valence-corrected chi connectivity index (χ4v) is 3.93. The minimum absolute atomic E-state index is 0.0315. The molecule has 2 rings (SSSR count). The van der Waals surface area contributed by atoms with Crippen LogP contribution < -0.4 is 14.2 Å². The Kier molecular flexibility index (Phi) is 13.5. The van der Waals surface area contributed by atoms with Gasteiger partial charge in [-0.2, -0.15) is 0 Å². The molecule has 8 nitrogen and oxygen atoms in total. The molecule has 0 aromatic heterocycles. The van der Waals surface area contributed by atoms with Gasteiger partial charge in [0.25, 0.3) is 0 Å². The van der Waals surface area contributed by atoms with Gasteiger partial charge in [0.05, 0.1) is 5.56 Å². The lowest BCUT2D eigenvalue weighted by molar-refractivity contribution is -0.135. The van der Waals surface area contributed by atoms with Gasteiger partial charge in [-0.25, -0.2) is 0 Å². The van der Waals surface area contributed by atoms with Crippen LogP contribution in [0, 0.1) is 0 Å². The molecule has 0 spiro atoms. The minimum Gasteiger partial charge on any atom is -0.508 e. The van der Waals surface area contributed by atoms with Crippen LogP contribution in [0.3, 0.4) is 0 Å². The molecule has 39 heavy (non-hydrogen) atoms. The molecule has 0 atom stereocenters. The van der Waals surface area contributed by atoms with Crippen LogP contribution in [0.25, 0.3) is 6.08 Å². The molecule has 2 aromatic carbocycles. The summed E-state index contributed by atoms with van der Waals surface area (Å²) in [5.74, 6) is -1.97. The third kappa shape index (κ3) is 12.0. The summed E-state index contributed by atoms with van der Waals surface area (Å²) in [7, 11) is 0. The standard InChI is InChI=1S/C31H38O8/c1-4-5-6-7-8-9-10-11-12-13-31(36)39-30-20-25(34)16-18-27(30)28(35)19-15-24-14-17-26(37-22(2)32)21-29(24)38-23(3)33/h14-21,34H,4-13H2,1-3H3. The lowest BCUT2D eigenvalue weighted by Gasteiger charge is -2.10. The summed E-state index contributed by atoms with van der Waals surface area (Å²) >= 11 is 0. The first-order valence-electron chi connectivity index (χ1n) is 13.5. The number of carbonyl (C=O) groups excluding carboxylic acids is 4. The summed E-state index contributed by atoms with van der Waals surface area (Å²) in [5.41, 5.74) is 0.479. The van der Waals surface area contributed by atoms with Crippen molar-refractivity contribution in [2.75, 3.05) is 0 Å². The Hall–Kier alpha value is -3.94. The van der Waals surface area contributed by atoms with Crippen LogP contribution in [0.2, 0.25) is 0 Å². The second-order valence-corrected chi connectivity index (χ2v) is 9.32. The summed E-state index contributed by atoms with van der Waals surface area (Å²) < 4.78 is 15.6. The molecule has 0 aliphatic rings. The van der Waals surface area contributed by atoms with E-state index in [4.69, 9.17) is 14.2 Å². The molecular formula is C31H38O8. The van der Waals surface area contributed by atoms with E-state index in [0.717, 1.165) is 19.3 Å². The predicted octanol–water partition coefficient (Wildman–Crippen LogP) is 6.97. The molecular weight excluding hydrogens is 500 g/mol. The molecule has 2 aromatic rings. The summed E-state index contributed by atoms with van der Waals surface area (Å²) in [6, 6.07) is 8.33. The Labute approximate surface area is 230 Å². The van der Waals surface area contributed by atoms with Crippen molar-refractivity contribution in [3.63, 3.8) is 0 Å². The van der Waals surface area contributed by atoms with E-state index in [2.05, 4.69) is 6.92 Å². The zero-order chi connectivity index (χ0) is 28.6. The van der Waals surface area contributed by atoms with Gasteiger partial charge in [0.15, 0.2) is 5.78 Å². The van der Waals surface area contributed by atoms with Crippen molar-refractivity contribution in [3.8, 4) is 23.0 Å². The number of unbranched alkanes of at least 4 members (excludes halogenated alkanes) is 8. The van der Waals surface area contributed by atoms with Crippen molar-refractivity contribution < 1.29 is 38.5 Å². The third-order valence-electron chi connectivity index (χ3n) is 5.85. The van der Waals surface area contributed by atoms with Gasteiger partial charge in [-0.15, -0.1) is 0 Å². The number of ether oxygens (including phenoxy) is 3. The highest BCUT2D eigenvalue weighted by Crippen LogP contribution is 2.29. The van der Waals surface area contributed by atoms with E-state index >= 15 is 0 Å². The number of esters is 3. The Morgan fingerprint density at radius 2 is 1.38 bits per heavy atom. The van der Waals surface area contributed by atoms with Crippen LogP contribution in [0.5, 0.6) is 23.0 Å². The van der Waals surface area contributed by atoms with Crippen LogP contribution in [-0.2, 0) is 14.4 Å². The van der Waals surface area contributed by atoms with Gasteiger partial charge in [-0.1, -0.05) is 58.3 Å². The summed E-state index contributed by atoms with van der Waals surface area (Å²) in [6.45, 7) is 4.67. The molecule has 0 aliphatic heterocycles. The van der Waals surface area contributed by atoms with Crippen molar-refractivity contribution in [1.29, 1.82) is 0 Å². The molecule has 0 heterocycles. The fourth-order valence-electron chi connectivity index (χ4n) is 3.93. The van der Waals surface area contributed by atoms with Crippen molar-refractivity contribution in [2.45, 2.75) is 85.0 Å². The normalized spacial score (nSPS) is 10.8. The van der Waals surface area contributed by atoms with Crippen LogP contribution in [0.1, 0.15) is 101 Å². The van der Waals surface area contributed by atoms with Gasteiger partial charge in [0, 0.05) is 38.0 Å². The molecule has 0 amide bonds. The van der Waals surface area contributed by atoms with Gasteiger partial charge in [-0.3, -0.25) is 19.2 Å². The Balaban J connectivity index is 2.01. The molecule has 0 aliphatic carbocycles. The molecule has 1 N–H and O–H groups in total. The number of allylic oxidation sites excluding steroid dienone is 1. The molecule has 0 radical (unpaired) electrons. The SMILES string of the molecule is CCCCCCCCCCCC(=O)Oc1cc(O)ccc1C(=O)C=Cc1ccc(OC(C)=O)cc1OC(C)=O. The van der Waals surface area contributed by atoms with Crippen LogP contribution in [-0.4, -0.2) is 28.8 Å². The number of rotatable bonds is 16. The number of phenolic OH excluding ortho intramolecular Hbond substituents is 1. The van der Waals surface area contributed by atoms with Gasteiger partial charge >= 0.3 is 17.9 Å². The smallest absolute Gasteiger partial charge is 0.311 e. The number of hydrogen-bond acceptors (Lipinski definition) is 8. The van der Waals surface area contributed by atoms with Crippen molar-refractivity contribution in [3.05, 3.63) is 53.6 Å². The monoisotopic (exact) mass is 538 g/mol. The van der Waals surface area contributed by atoms with E-state index in [-0.39, 0.29) is 35.0 Å². The van der Waals surface area contributed by atoms with Crippen LogP contribution in [0.4, 0.5) is 0 Å². The average molecular weight is 539 g/mol. The number of hydrogen-bond donors (Lipinski definition) is 1. The molecule has 0 bridgehead atoms. The van der Waals surface area contributed by atoms with E-state index in [1.54, 1.807) is 0 Å². The largest absolute Gasteiger partial charge is 0.508 e. The number of ketones is 1. The number of benzene rings is 2. The zero-order valence-corrected chi connectivity index (χ0v) is 23.0. The predicted molar refractivity (Wildman–Crippen MR) is 148 cm³/mol. The fraction of sp³-hybridized carbons (Fsp3) is 0.419. The number of phenols is 1. The molecule has 210 valence electrons. The van der Waals surface area contributed by atoms with Gasteiger partial charge < -0.3 is 19.3 Å². The average Bonchev–Trinajstić information content (AvgIpc) is 2.86. The molecule has 0 unspecified atom stereocenters. The second kappa shape index (κ2) is 16.8. The third-order valence-corrected chi connectivity index (χ3v) is 5.85. The van der Waals surface area contributed by atoms with Gasteiger partial charge in [0.2, 0.25) is 0 Å². The maximum absolute atomic E-state index is 13.0. The topological polar surface area (TPSA) is 116 Å². The van der Waals surface area contributed by atoms with E-state index in [1.165, 1.54) is 94.5 Å². The molecule has 8 heteroatoms. The van der Waals surface area contributed by atoms with Crippen molar-refractivity contribution >= 4 is 29.8 Å². The highest BCUT2D eigenvalue weighted by molar-refractivity contribution is 6.09. The lowest BCUT2D eigenvalue weighted by atomic mass is 10.1. The Morgan fingerprint density at radius 3 is 2.03 bits per heavy atom. The summed E-state index contributed by atoms with van der Waals surface area (Å²) in [5, 5.41) is 9.89. The summed E-state index contributed by atoms with van der Waals surface area (Å²) in [4.78, 5) is 48.1. The highest BCUT2D eigenvalue weighted by atomic mass is 16.5. The first kappa shape index (κ1) is 31.3. The van der Waals surface area contributed by atoms with Crippen molar-refractivity contribution in [1.82, 2.24) is 0 Å². The van der Waals surface area contributed by atoms with Gasteiger partial charge in [0.1, 0.15) is 23.0 Å². The Bertz CT molecular complexity index is 1170. The van der Waals surface area contributed by atoms with E-state index in [9.17, 15) is 24.3 Å². The number of aromatic hydroxyl groups is 1. The first-order valence-corrected chi connectivity index (χ1v) is 13.5. The van der Waals surface area contributed by atoms with Gasteiger partial charge in [-0.05, 0) is 42.8 Å². The van der Waals surface area contributed by atoms with Crippen LogP contribution >= 0.6 is 0 Å². The molecule has 0 fully saturated rings. The molecule has 0 saturated heterocycles. The lowest BCUT2D eigenvalue weighted by Crippen LogP contribution is -2.10. The second-order valence-electron chi connectivity index (χ2n) is 9.32. The maximum atomic E-state index is 13.0. The van der Waals surface area contributed by atoms with E-state index in [0.29, 0.717) is 12.0 Å². The van der Waals surface area contributed by atoms with Crippen LogP contribution in [0.15, 0.2) is 42.5 Å². The quantitative estimate of drug-likeness (QED) is 0.0801.